The number of aryl methyl sites for hydroxylation is 2. The number of hydrogen-bond acceptors (Lipinski definition) is 4. The van der Waals surface area contributed by atoms with Crippen molar-refractivity contribution in [3.63, 3.8) is 0 Å². The molecule has 0 aliphatic heterocycles. The van der Waals surface area contributed by atoms with Gasteiger partial charge in [0.25, 0.3) is 0 Å². The summed E-state index contributed by atoms with van der Waals surface area (Å²) in [6.07, 6.45) is 3.06. The lowest BCUT2D eigenvalue weighted by Crippen LogP contribution is -2.30. The molecular weight excluding hydrogens is 413 g/mol. The summed E-state index contributed by atoms with van der Waals surface area (Å²) in [6, 6.07) is 11.7. The number of amides is 1. The maximum Gasteiger partial charge on any atom is 0.418 e. The zero-order chi connectivity index (χ0) is 23.1. The highest BCUT2D eigenvalue weighted by atomic mass is 19.1. The molecule has 0 heterocycles. The molecule has 3 rings (SSSR count). The smallest absolute Gasteiger partial charge is 0.418 e. The van der Waals surface area contributed by atoms with E-state index in [1.54, 1.807) is 12.1 Å². The van der Waals surface area contributed by atoms with Crippen LogP contribution in [0.25, 0.3) is 0 Å². The first-order valence-electron chi connectivity index (χ1n) is 10.9. The van der Waals surface area contributed by atoms with Crippen LogP contribution in [0, 0.1) is 31.5 Å². The van der Waals surface area contributed by atoms with Gasteiger partial charge in [0.15, 0.2) is 0 Å². The number of aliphatic carboxylic acids is 1. The molecule has 0 saturated heterocycles. The molecule has 6 nitrogen and oxygen atoms in total. The highest BCUT2D eigenvalue weighted by molar-refractivity contribution is 5.96. The topological polar surface area (TPSA) is 76.1 Å². The van der Waals surface area contributed by atoms with Gasteiger partial charge in [0.05, 0.1) is 24.6 Å². The van der Waals surface area contributed by atoms with Crippen molar-refractivity contribution in [3.8, 4) is 0 Å². The molecule has 1 saturated carbocycles. The number of halogens is 1. The fourth-order valence-electron chi connectivity index (χ4n) is 4.19. The number of anilines is 2. The molecule has 0 spiro atoms. The van der Waals surface area contributed by atoms with Crippen molar-refractivity contribution in [1.29, 1.82) is 0 Å². The predicted octanol–water partition coefficient (Wildman–Crippen LogP) is 5.62. The molecule has 1 aliphatic carbocycles. The normalized spacial score (nSPS) is 18.2. The molecular formula is C25H30FNO5. The van der Waals surface area contributed by atoms with Crippen LogP contribution < -0.4 is 4.90 Å². The Labute approximate surface area is 187 Å². The summed E-state index contributed by atoms with van der Waals surface area (Å²) < 4.78 is 24.8. The number of benzene rings is 2. The zero-order valence-corrected chi connectivity index (χ0v) is 18.6. The minimum atomic E-state index is -0.961. The van der Waals surface area contributed by atoms with Gasteiger partial charge in [-0.1, -0.05) is 12.1 Å². The summed E-state index contributed by atoms with van der Waals surface area (Å²) in [6.45, 7) is 4.36. The molecule has 0 radical (unpaired) electrons. The van der Waals surface area contributed by atoms with Gasteiger partial charge in [-0.25, -0.2) is 18.9 Å². The lowest BCUT2D eigenvalue weighted by atomic mass is 9.83. The fourth-order valence-corrected chi connectivity index (χ4v) is 4.19. The van der Waals surface area contributed by atoms with Crippen LogP contribution in [0.15, 0.2) is 42.5 Å². The molecule has 7 heteroatoms. The average molecular weight is 444 g/mol. The van der Waals surface area contributed by atoms with Gasteiger partial charge in [0, 0.05) is 0 Å². The van der Waals surface area contributed by atoms with E-state index in [2.05, 4.69) is 0 Å². The third-order valence-electron chi connectivity index (χ3n) is 5.70. The van der Waals surface area contributed by atoms with E-state index in [-0.39, 0.29) is 19.1 Å². The van der Waals surface area contributed by atoms with Gasteiger partial charge in [0.1, 0.15) is 12.4 Å². The second-order valence-electron chi connectivity index (χ2n) is 8.53. The van der Waals surface area contributed by atoms with Crippen LogP contribution in [-0.2, 0) is 14.3 Å². The number of carboxylic acids is 1. The molecule has 1 aliphatic rings. The molecule has 172 valence electrons. The van der Waals surface area contributed by atoms with E-state index in [1.807, 2.05) is 32.0 Å². The lowest BCUT2D eigenvalue weighted by Gasteiger charge is -2.29. The van der Waals surface area contributed by atoms with Crippen molar-refractivity contribution in [3.05, 3.63) is 59.4 Å². The Bertz CT molecular complexity index is 919. The first-order valence-corrected chi connectivity index (χ1v) is 10.9. The number of carbonyl (C=O) groups is 2. The number of carbonyl (C=O) groups excluding carboxylic acids is 1. The first-order chi connectivity index (χ1) is 15.3. The summed E-state index contributed by atoms with van der Waals surface area (Å²) in [5.74, 6) is -0.811. The summed E-state index contributed by atoms with van der Waals surface area (Å²) in [4.78, 5) is 25.1. The van der Waals surface area contributed by atoms with Gasteiger partial charge in [-0.3, -0.25) is 0 Å². The SMILES string of the molecule is Cc1cc(C)cc(N(C(=O)OC[C@H]2CC[C@H](COCC(=O)O)CC2)c2cccc(F)c2)c1. The quantitative estimate of drug-likeness (QED) is 0.573. The molecule has 0 aromatic heterocycles. The molecule has 0 bridgehead atoms. The standard InChI is InChI=1S/C25H30FNO5/c1-17-10-18(2)12-23(11-17)27(22-5-3-4-21(26)13-22)25(30)32-15-20-8-6-19(7-9-20)14-31-16-24(28)29/h3-5,10-13,19-20H,6-9,14-16H2,1-2H3,(H,28,29)/t19-,20-. The van der Waals surface area contributed by atoms with Gasteiger partial charge in [-0.2, -0.15) is 0 Å². The van der Waals surface area contributed by atoms with E-state index in [4.69, 9.17) is 14.6 Å². The second-order valence-corrected chi connectivity index (χ2v) is 8.53. The minimum Gasteiger partial charge on any atom is -0.480 e. The minimum absolute atomic E-state index is 0.239. The van der Waals surface area contributed by atoms with E-state index < -0.39 is 17.9 Å². The highest BCUT2D eigenvalue weighted by Gasteiger charge is 2.25. The molecule has 1 amide bonds. The van der Waals surface area contributed by atoms with Crippen molar-refractivity contribution in [2.24, 2.45) is 11.8 Å². The first kappa shape index (κ1) is 23.7. The van der Waals surface area contributed by atoms with Crippen molar-refractivity contribution in [2.45, 2.75) is 39.5 Å². The monoisotopic (exact) mass is 443 g/mol. The third-order valence-corrected chi connectivity index (χ3v) is 5.70. The maximum atomic E-state index is 13.9. The summed E-state index contributed by atoms with van der Waals surface area (Å²) in [5.41, 5.74) is 3.05. The lowest BCUT2D eigenvalue weighted by molar-refractivity contribution is -0.142. The Morgan fingerprint density at radius 1 is 0.969 bits per heavy atom. The Balaban J connectivity index is 1.62. The second kappa shape index (κ2) is 11.1. The predicted molar refractivity (Wildman–Crippen MR) is 120 cm³/mol. The average Bonchev–Trinajstić information content (AvgIpc) is 2.72. The van der Waals surface area contributed by atoms with E-state index in [0.717, 1.165) is 36.8 Å². The van der Waals surface area contributed by atoms with Crippen LogP contribution in [-0.4, -0.2) is 37.0 Å². The van der Waals surface area contributed by atoms with Crippen LogP contribution in [0.3, 0.4) is 0 Å². The van der Waals surface area contributed by atoms with Crippen LogP contribution in [0.4, 0.5) is 20.6 Å². The van der Waals surface area contributed by atoms with Gasteiger partial charge >= 0.3 is 12.1 Å². The van der Waals surface area contributed by atoms with Crippen molar-refractivity contribution >= 4 is 23.4 Å². The van der Waals surface area contributed by atoms with Gasteiger partial charge in [0.2, 0.25) is 0 Å². The highest BCUT2D eigenvalue weighted by Crippen LogP contribution is 2.31. The molecule has 1 N–H and O–H groups in total. The maximum absolute atomic E-state index is 13.9. The zero-order valence-electron chi connectivity index (χ0n) is 18.6. The number of ether oxygens (including phenoxy) is 2. The number of rotatable bonds is 8. The number of carboxylic acid groups (broad SMARTS) is 1. The summed E-state index contributed by atoms with van der Waals surface area (Å²) in [7, 11) is 0. The Hall–Kier alpha value is -2.93. The van der Waals surface area contributed by atoms with Crippen LogP contribution in [0.2, 0.25) is 0 Å². The molecule has 2 aromatic carbocycles. The van der Waals surface area contributed by atoms with E-state index in [1.165, 1.54) is 17.0 Å². The fraction of sp³-hybridized carbons (Fsp3) is 0.440. The van der Waals surface area contributed by atoms with Crippen LogP contribution >= 0.6 is 0 Å². The van der Waals surface area contributed by atoms with Crippen molar-refractivity contribution in [1.82, 2.24) is 0 Å². The summed E-state index contributed by atoms with van der Waals surface area (Å²) in [5, 5.41) is 8.66. The third kappa shape index (κ3) is 6.79. The summed E-state index contributed by atoms with van der Waals surface area (Å²) >= 11 is 0. The Morgan fingerprint density at radius 3 is 2.19 bits per heavy atom. The van der Waals surface area contributed by atoms with Gasteiger partial charge < -0.3 is 14.6 Å². The Morgan fingerprint density at radius 2 is 1.59 bits per heavy atom. The molecule has 0 atom stereocenters. The Kier molecular flexibility index (Phi) is 8.22. The van der Waals surface area contributed by atoms with Gasteiger partial charge in [-0.05, 0) is 92.8 Å². The van der Waals surface area contributed by atoms with E-state index in [0.29, 0.717) is 23.9 Å². The number of hydrogen-bond donors (Lipinski definition) is 1. The van der Waals surface area contributed by atoms with Crippen LogP contribution in [0.5, 0.6) is 0 Å². The molecule has 0 unspecified atom stereocenters. The van der Waals surface area contributed by atoms with Crippen molar-refractivity contribution < 1.29 is 28.6 Å². The number of nitrogens with zero attached hydrogens (tertiary/aromatic N) is 1. The van der Waals surface area contributed by atoms with Gasteiger partial charge in [-0.15, -0.1) is 0 Å². The molecule has 1 fully saturated rings. The molecule has 2 aromatic rings. The van der Waals surface area contributed by atoms with Crippen molar-refractivity contribution in [2.75, 3.05) is 24.7 Å². The van der Waals surface area contributed by atoms with Crippen LogP contribution in [0.1, 0.15) is 36.8 Å². The largest absolute Gasteiger partial charge is 0.480 e. The van der Waals surface area contributed by atoms with E-state index in [9.17, 15) is 14.0 Å². The molecule has 32 heavy (non-hydrogen) atoms. The van der Waals surface area contributed by atoms with E-state index >= 15 is 0 Å².